The van der Waals surface area contributed by atoms with Gasteiger partial charge in [-0.25, -0.2) is 4.79 Å². The lowest BCUT2D eigenvalue weighted by atomic mass is 9.70. The van der Waals surface area contributed by atoms with E-state index in [9.17, 15) is 22.8 Å². The lowest BCUT2D eigenvalue weighted by Gasteiger charge is -2.43. The first-order valence-electron chi connectivity index (χ1n) is 10.1. The van der Waals surface area contributed by atoms with Gasteiger partial charge in [0.05, 0.1) is 23.1 Å². The SMILES string of the molecule is CNC(=O)N1CC(C(=O)N(C)C)C2(CCN(c3ccc(C#N)c(C(F)(F)F)c3)CC2)C1. The maximum atomic E-state index is 13.3. The van der Waals surface area contributed by atoms with Crippen LogP contribution >= 0.6 is 0 Å². The monoisotopic (exact) mass is 437 g/mol. The van der Waals surface area contributed by atoms with Crippen molar-refractivity contribution in [2.45, 2.75) is 19.0 Å². The molecule has 0 saturated carbocycles. The minimum Gasteiger partial charge on any atom is -0.371 e. The zero-order chi connectivity index (χ0) is 23.0. The number of nitriles is 1. The van der Waals surface area contributed by atoms with Gasteiger partial charge in [-0.15, -0.1) is 0 Å². The molecule has 3 amide bonds. The molecule has 2 saturated heterocycles. The highest BCUT2D eigenvalue weighted by molar-refractivity contribution is 5.82. The number of rotatable bonds is 2. The van der Waals surface area contributed by atoms with Gasteiger partial charge in [0, 0.05) is 58.4 Å². The van der Waals surface area contributed by atoms with E-state index in [2.05, 4.69) is 5.32 Å². The summed E-state index contributed by atoms with van der Waals surface area (Å²) in [5, 5.41) is 11.6. The van der Waals surface area contributed by atoms with Crippen molar-refractivity contribution in [2.75, 3.05) is 52.2 Å². The van der Waals surface area contributed by atoms with Gasteiger partial charge in [0.1, 0.15) is 0 Å². The van der Waals surface area contributed by atoms with E-state index < -0.39 is 22.7 Å². The maximum absolute atomic E-state index is 13.3. The molecule has 2 aliphatic heterocycles. The Labute approximate surface area is 179 Å². The minimum absolute atomic E-state index is 0.0439. The Balaban J connectivity index is 1.83. The molecule has 168 valence electrons. The molecule has 10 heteroatoms. The third-order valence-electron chi connectivity index (χ3n) is 6.44. The molecule has 2 aliphatic rings. The summed E-state index contributed by atoms with van der Waals surface area (Å²) in [6.45, 7) is 1.68. The molecule has 1 atom stereocenters. The van der Waals surface area contributed by atoms with Crippen molar-refractivity contribution in [3.8, 4) is 6.07 Å². The number of carbonyl (C=O) groups excluding carboxylic acids is 2. The van der Waals surface area contributed by atoms with Gasteiger partial charge in [-0.1, -0.05) is 0 Å². The van der Waals surface area contributed by atoms with E-state index in [1.165, 1.54) is 17.0 Å². The van der Waals surface area contributed by atoms with Crippen molar-refractivity contribution in [3.63, 3.8) is 0 Å². The van der Waals surface area contributed by atoms with Gasteiger partial charge in [0.25, 0.3) is 0 Å². The summed E-state index contributed by atoms with van der Waals surface area (Å²) < 4.78 is 40.0. The Morgan fingerprint density at radius 2 is 1.90 bits per heavy atom. The van der Waals surface area contributed by atoms with E-state index in [1.54, 1.807) is 32.1 Å². The van der Waals surface area contributed by atoms with Crippen molar-refractivity contribution in [1.82, 2.24) is 15.1 Å². The van der Waals surface area contributed by atoms with E-state index in [0.29, 0.717) is 44.7 Å². The van der Waals surface area contributed by atoms with E-state index in [4.69, 9.17) is 5.26 Å². The van der Waals surface area contributed by atoms with E-state index in [1.807, 2.05) is 4.90 Å². The third kappa shape index (κ3) is 4.27. The zero-order valence-electron chi connectivity index (χ0n) is 17.8. The predicted octanol–water partition coefficient (Wildman–Crippen LogP) is 2.52. The van der Waals surface area contributed by atoms with Crippen LogP contribution in [-0.4, -0.2) is 69.1 Å². The first-order chi connectivity index (χ1) is 14.5. The van der Waals surface area contributed by atoms with Gasteiger partial charge in [0.2, 0.25) is 5.91 Å². The van der Waals surface area contributed by atoms with Crippen LogP contribution in [-0.2, 0) is 11.0 Å². The molecular weight excluding hydrogens is 411 g/mol. The number of carbonyl (C=O) groups is 2. The number of likely N-dealkylation sites (tertiary alicyclic amines) is 1. The van der Waals surface area contributed by atoms with Crippen LogP contribution in [0.5, 0.6) is 0 Å². The summed E-state index contributed by atoms with van der Waals surface area (Å²) >= 11 is 0. The number of nitrogens with zero attached hydrogens (tertiary/aromatic N) is 4. The highest BCUT2D eigenvalue weighted by Gasteiger charge is 2.52. The number of amides is 3. The average Bonchev–Trinajstić information content (AvgIpc) is 3.10. The molecule has 0 aromatic heterocycles. The van der Waals surface area contributed by atoms with Crippen molar-refractivity contribution in [1.29, 1.82) is 5.26 Å². The Morgan fingerprint density at radius 3 is 2.42 bits per heavy atom. The molecule has 1 N–H and O–H groups in total. The quantitative estimate of drug-likeness (QED) is 0.771. The summed E-state index contributed by atoms with van der Waals surface area (Å²) in [6, 6.07) is 5.10. The number of urea groups is 1. The number of nitrogens with one attached hydrogen (secondary N) is 1. The van der Waals surface area contributed by atoms with Gasteiger partial charge in [-0.05, 0) is 31.0 Å². The standard InChI is InChI=1S/C21H26F3N5O2/c1-26-19(31)29-12-17(18(30)27(2)3)20(13-29)6-8-28(9-7-20)15-5-4-14(11-25)16(10-15)21(22,23)24/h4-5,10,17H,6-9,12-13H2,1-3H3,(H,26,31). The fourth-order valence-corrected chi connectivity index (χ4v) is 4.71. The first-order valence-corrected chi connectivity index (χ1v) is 10.1. The highest BCUT2D eigenvalue weighted by Crippen LogP contribution is 2.46. The van der Waals surface area contributed by atoms with Crippen LogP contribution in [0, 0.1) is 22.7 Å². The lowest BCUT2D eigenvalue weighted by molar-refractivity contribution is -0.138. The second-order valence-electron chi connectivity index (χ2n) is 8.41. The second kappa shape index (κ2) is 8.29. The summed E-state index contributed by atoms with van der Waals surface area (Å²) in [4.78, 5) is 30.1. The topological polar surface area (TPSA) is 79.7 Å². The van der Waals surface area contributed by atoms with Crippen LogP contribution in [0.15, 0.2) is 18.2 Å². The molecular formula is C21H26F3N5O2. The Hall–Kier alpha value is -2.96. The van der Waals surface area contributed by atoms with Gasteiger partial charge in [-0.3, -0.25) is 4.79 Å². The molecule has 2 heterocycles. The van der Waals surface area contributed by atoms with Crippen molar-refractivity contribution in [2.24, 2.45) is 11.3 Å². The summed E-state index contributed by atoms with van der Waals surface area (Å²) in [6.07, 6.45) is -3.46. The number of piperidine rings is 1. The normalized spacial score (nSPS) is 20.5. The smallest absolute Gasteiger partial charge is 0.371 e. The summed E-state index contributed by atoms with van der Waals surface area (Å²) in [5.41, 5.74) is -1.36. The lowest BCUT2D eigenvalue weighted by Crippen LogP contribution is -2.48. The predicted molar refractivity (Wildman–Crippen MR) is 108 cm³/mol. The second-order valence-corrected chi connectivity index (χ2v) is 8.41. The van der Waals surface area contributed by atoms with Crippen LogP contribution in [0.2, 0.25) is 0 Å². The Kier molecular flexibility index (Phi) is 6.07. The maximum Gasteiger partial charge on any atom is 0.417 e. The van der Waals surface area contributed by atoms with E-state index in [0.717, 1.165) is 6.07 Å². The molecule has 2 fully saturated rings. The van der Waals surface area contributed by atoms with Crippen LogP contribution in [0.25, 0.3) is 0 Å². The van der Waals surface area contributed by atoms with Gasteiger partial charge >= 0.3 is 12.2 Å². The molecule has 31 heavy (non-hydrogen) atoms. The van der Waals surface area contributed by atoms with Crippen LogP contribution < -0.4 is 10.2 Å². The number of benzene rings is 1. The van der Waals surface area contributed by atoms with Gasteiger partial charge in [0.15, 0.2) is 0 Å². The van der Waals surface area contributed by atoms with Crippen molar-refractivity contribution < 1.29 is 22.8 Å². The fraction of sp³-hybridized carbons (Fsp3) is 0.571. The molecule has 1 aromatic rings. The average molecular weight is 437 g/mol. The zero-order valence-corrected chi connectivity index (χ0v) is 17.8. The van der Waals surface area contributed by atoms with Crippen LogP contribution in [0.4, 0.5) is 23.7 Å². The molecule has 0 bridgehead atoms. The number of anilines is 1. The van der Waals surface area contributed by atoms with Crippen molar-refractivity contribution in [3.05, 3.63) is 29.3 Å². The van der Waals surface area contributed by atoms with Crippen LogP contribution in [0.1, 0.15) is 24.0 Å². The molecule has 1 unspecified atom stereocenters. The first kappa shape index (κ1) is 22.7. The summed E-state index contributed by atoms with van der Waals surface area (Å²) in [5.74, 6) is -0.397. The van der Waals surface area contributed by atoms with E-state index >= 15 is 0 Å². The number of hydrogen-bond donors (Lipinski definition) is 1. The Bertz CT molecular complexity index is 901. The largest absolute Gasteiger partial charge is 0.417 e. The molecule has 1 aromatic carbocycles. The molecule has 1 spiro atoms. The van der Waals surface area contributed by atoms with Gasteiger partial charge in [-0.2, -0.15) is 18.4 Å². The number of alkyl halides is 3. The van der Waals surface area contributed by atoms with Gasteiger partial charge < -0.3 is 20.0 Å². The minimum atomic E-state index is -4.61. The Morgan fingerprint density at radius 1 is 1.26 bits per heavy atom. The molecule has 7 nitrogen and oxygen atoms in total. The summed E-state index contributed by atoms with van der Waals surface area (Å²) in [7, 11) is 4.91. The third-order valence-corrected chi connectivity index (χ3v) is 6.44. The number of hydrogen-bond acceptors (Lipinski definition) is 4. The fourth-order valence-electron chi connectivity index (χ4n) is 4.71. The molecule has 3 rings (SSSR count). The van der Waals surface area contributed by atoms with Crippen LogP contribution in [0.3, 0.4) is 0 Å². The highest BCUT2D eigenvalue weighted by atomic mass is 19.4. The molecule has 0 radical (unpaired) electrons. The molecule has 0 aliphatic carbocycles. The number of halogens is 3. The van der Waals surface area contributed by atoms with Crippen molar-refractivity contribution >= 4 is 17.6 Å². The van der Waals surface area contributed by atoms with E-state index in [-0.39, 0.29) is 17.9 Å².